The molecule has 4 heteroatoms. The molecule has 0 aliphatic heterocycles. The minimum Gasteiger partial charge on any atom is -0.497 e. The maximum Gasteiger partial charge on any atom is 0.119 e. The largest absolute Gasteiger partial charge is 0.497 e. The Morgan fingerprint density at radius 1 is 1.09 bits per heavy atom. The molecule has 0 aliphatic rings. The van der Waals surface area contributed by atoms with Gasteiger partial charge in [0.25, 0.3) is 0 Å². The predicted octanol–water partition coefficient (Wildman–Crippen LogP) is 5.75. The summed E-state index contributed by atoms with van der Waals surface area (Å²) in [7, 11) is 1.67. The van der Waals surface area contributed by atoms with Crippen LogP contribution < -0.4 is 4.74 Å². The molecule has 0 radical (unpaired) electrons. The number of halogens is 1. The van der Waals surface area contributed by atoms with Crippen molar-refractivity contribution in [1.82, 2.24) is 4.98 Å². The highest BCUT2D eigenvalue weighted by molar-refractivity contribution is 9.10. The number of hydrogen-bond donors (Lipinski definition) is 0. The van der Waals surface area contributed by atoms with Gasteiger partial charge in [0.05, 0.1) is 12.8 Å². The zero-order chi connectivity index (χ0) is 15.4. The first kappa shape index (κ1) is 15.0. The molecule has 0 bridgehead atoms. The second kappa shape index (κ2) is 6.90. The fourth-order valence-electron chi connectivity index (χ4n) is 2.03. The lowest BCUT2D eigenvalue weighted by molar-refractivity contribution is 0.414. The van der Waals surface area contributed by atoms with Crippen LogP contribution in [0.2, 0.25) is 0 Å². The molecule has 110 valence electrons. The zero-order valence-corrected chi connectivity index (χ0v) is 14.4. The van der Waals surface area contributed by atoms with E-state index in [9.17, 15) is 0 Å². The van der Waals surface area contributed by atoms with E-state index in [1.165, 1.54) is 0 Å². The van der Waals surface area contributed by atoms with Crippen LogP contribution in [-0.4, -0.2) is 12.1 Å². The molecule has 3 aromatic rings. The number of aromatic nitrogens is 1. The Labute approximate surface area is 142 Å². The lowest BCUT2D eigenvalue weighted by Gasteiger charge is -1.99. The van der Waals surface area contributed by atoms with Gasteiger partial charge in [0.15, 0.2) is 0 Å². The highest BCUT2D eigenvalue weighted by Gasteiger charge is 2.02. The van der Waals surface area contributed by atoms with Crippen LogP contribution in [0.15, 0.2) is 58.4 Å². The molecule has 0 saturated carbocycles. The van der Waals surface area contributed by atoms with Crippen LogP contribution in [0.25, 0.3) is 23.4 Å². The molecule has 0 N–H and O–H groups in total. The third kappa shape index (κ3) is 3.64. The van der Waals surface area contributed by atoms with E-state index in [0.717, 1.165) is 32.1 Å². The number of hydrogen-bond acceptors (Lipinski definition) is 3. The number of methoxy groups -OCH3 is 1. The predicted molar refractivity (Wildman–Crippen MR) is 97.2 cm³/mol. The van der Waals surface area contributed by atoms with Crippen LogP contribution in [0.4, 0.5) is 0 Å². The fourth-order valence-corrected chi connectivity index (χ4v) is 3.01. The Morgan fingerprint density at radius 2 is 1.91 bits per heavy atom. The minimum atomic E-state index is 0.858. The lowest BCUT2D eigenvalue weighted by Crippen LogP contribution is -1.82. The summed E-state index contributed by atoms with van der Waals surface area (Å²) in [4.78, 5) is 4.65. The zero-order valence-electron chi connectivity index (χ0n) is 12.0. The van der Waals surface area contributed by atoms with Crippen LogP contribution in [0.5, 0.6) is 5.75 Å². The molecule has 3 rings (SSSR count). The lowest BCUT2D eigenvalue weighted by atomic mass is 10.2. The molecule has 0 aliphatic carbocycles. The average molecular weight is 372 g/mol. The Morgan fingerprint density at radius 3 is 2.68 bits per heavy atom. The van der Waals surface area contributed by atoms with Crippen molar-refractivity contribution in [3.8, 4) is 17.0 Å². The van der Waals surface area contributed by atoms with Gasteiger partial charge in [-0.3, -0.25) is 0 Å². The van der Waals surface area contributed by atoms with Crippen molar-refractivity contribution < 1.29 is 4.74 Å². The Kier molecular flexibility index (Phi) is 4.71. The van der Waals surface area contributed by atoms with Gasteiger partial charge in [-0.2, -0.15) is 0 Å². The van der Waals surface area contributed by atoms with Crippen molar-refractivity contribution in [3.05, 3.63) is 69.0 Å². The summed E-state index contributed by atoms with van der Waals surface area (Å²) >= 11 is 5.08. The van der Waals surface area contributed by atoms with Crippen LogP contribution in [0, 0.1) is 0 Å². The van der Waals surface area contributed by atoms with Crippen molar-refractivity contribution in [3.63, 3.8) is 0 Å². The maximum absolute atomic E-state index is 5.23. The second-order valence-electron chi connectivity index (χ2n) is 4.69. The monoisotopic (exact) mass is 371 g/mol. The van der Waals surface area contributed by atoms with E-state index in [-0.39, 0.29) is 0 Å². The minimum absolute atomic E-state index is 0.858. The van der Waals surface area contributed by atoms with E-state index < -0.39 is 0 Å². The fraction of sp³-hybridized carbons (Fsp3) is 0.0556. The number of benzene rings is 2. The Bertz CT molecular complexity index is 793. The summed E-state index contributed by atoms with van der Waals surface area (Å²) in [6.45, 7) is 0. The maximum atomic E-state index is 5.23. The molecular weight excluding hydrogens is 358 g/mol. The molecule has 22 heavy (non-hydrogen) atoms. The molecule has 0 atom stereocenters. The van der Waals surface area contributed by atoms with Crippen LogP contribution >= 0.6 is 27.3 Å². The molecule has 0 fully saturated rings. The van der Waals surface area contributed by atoms with Gasteiger partial charge < -0.3 is 4.74 Å². The Balaban J connectivity index is 1.79. The standard InChI is InChI=1S/C18H14BrNOS/c1-21-16-4-2-3-13(11-16)5-10-18-20-17(12-22-18)14-6-8-15(19)9-7-14/h2-12H,1H3/b10-5+. The second-order valence-corrected chi connectivity index (χ2v) is 6.49. The molecular formula is C18H14BrNOS. The third-order valence-electron chi connectivity index (χ3n) is 3.17. The van der Waals surface area contributed by atoms with E-state index in [1.807, 2.05) is 48.6 Å². The SMILES string of the molecule is COc1cccc(/C=C/c2nc(-c3ccc(Br)cc3)cs2)c1. The van der Waals surface area contributed by atoms with Crippen molar-refractivity contribution in [2.75, 3.05) is 7.11 Å². The summed E-state index contributed by atoms with van der Waals surface area (Å²) in [6, 6.07) is 16.1. The van der Waals surface area contributed by atoms with Crippen molar-refractivity contribution >= 4 is 39.4 Å². The van der Waals surface area contributed by atoms with Crippen molar-refractivity contribution in [2.24, 2.45) is 0 Å². The molecule has 0 saturated heterocycles. The number of thiazole rings is 1. The first-order valence-electron chi connectivity index (χ1n) is 6.78. The summed E-state index contributed by atoms with van der Waals surface area (Å²) in [5.74, 6) is 0.858. The molecule has 2 nitrogen and oxygen atoms in total. The number of nitrogens with zero attached hydrogens (tertiary/aromatic N) is 1. The number of rotatable bonds is 4. The number of ether oxygens (including phenoxy) is 1. The van der Waals surface area contributed by atoms with Gasteiger partial charge in [-0.05, 0) is 35.9 Å². The van der Waals surface area contributed by atoms with Gasteiger partial charge in [-0.25, -0.2) is 4.98 Å². The van der Waals surface area contributed by atoms with Crippen molar-refractivity contribution in [1.29, 1.82) is 0 Å². The van der Waals surface area contributed by atoms with Crippen LogP contribution in [-0.2, 0) is 0 Å². The summed E-state index contributed by atoms with van der Waals surface area (Å²) in [5, 5.41) is 3.06. The molecule has 1 aromatic heterocycles. The van der Waals surface area contributed by atoms with E-state index in [2.05, 4.69) is 38.4 Å². The first-order valence-corrected chi connectivity index (χ1v) is 8.45. The van der Waals surface area contributed by atoms with Crippen molar-refractivity contribution in [2.45, 2.75) is 0 Å². The summed E-state index contributed by atoms with van der Waals surface area (Å²) < 4.78 is 6.30. The molecule has 0 spiro atoms. The van der Waals surface area contributed by atoms with Gasteiger partial charge in [0.2, 0.25) is 0 Å². The van der Waals surface area contributed by atoms with Gasteiger partial charge in [-0.15, -0.1) is 11.3 Å². The van der Waals surface area contributed by atoms with Crippen LogP contribution in [0.3, 0.4) is 0 Å². The quantitative estimate of drug-likeness (QED) is 0.582. The summed E-state index contributed by atoms with van der Waals surface area (Å²) in [6.07, 6.45) is 4.08. The van der Waals surface area contributed by atoms with E-state index in [0.29, 0.717) is 0 Å². The molecule has 0 amide bonds. The van der Waals surface area contributed by atoms with E-state index >= 15 is 0 Å². The molecule has 1 heterocycles. The first-order chi connectivity index (χ1) is 10.7. The smallest absolute Gasteiger partial charge is 0.119 e. The van der Waals surface area contributed by atoms with Gasteiger partial charge in [0, 0.05) is 15.4 Å². The normalized spacial score (nSPS) is 11.0. The van der Waals surface area contributed by atoms with Crippen LogP contribution in [0.1, 0.15) is 10.6 Å². The third-order valence-corrected chi connectivity index (χ3v) is 4.51. The van der Waals surface area contributed by atoms with E-state index in [1.54, 1.807) is 18.4 Å². The van der Waals surface area contributed by atoms with E-state index in [4.69, 9.17) is 4.74 Å². The van der Waals surface area contributed by atoms with Gasteiger partial charge in [0.1, 0.15) is 10.8 Å². The highest BCUT2D eigenvalue weighted by Crippen LogP contribution is 2.25. The average Bonchev–Trinajstić information content (AvgIpc) is 3.03. The highest BCUT2D eigenvalue weighted by atomic mass is 79.9. The van der Waals surface area contributed by atoms with Gasteiger partial charge in [-0.1, -0.05) is 46.3 Å². The Hall–Kier alpha value is -1.91. The van der Waals surface area contributed by atoms with Gasteiger partial charge >= 0.3 is 0 Å². The molecule has 2 aromatic carbocycles. The molecule has 0 unspecified atom stereocenters. The summed E-state index contributed by atoms with van der Waals surface area (Å²) in [5.41, 5.74) is 3.23. The topological polar surface area (TPSA) is 22.1 Å².